The number of amides is 1. The van der Waals surface area contributed by atoms with Gasteiger partial charge in [0.05, 0.1) is 23.9 Å². The number of hydrogen-bond acceptors (Lipinski definition) is 5. The minimum atomic E-state index is -1.06. The van der Waals surface area contributed by atoms with E-state index in [1.807, 2.05) is 13.8 Å². The largest absolute Gasteiger partial charge is 0.477 e. The van der Waals surface area contributed by atoms with Crippen LogP contribution in [-0.4, -0.2) is 75.3 Å². The van der Waals surface area contributed by atoms with Crippen LogP contribution < -0.4 is 0 Å². The number of β-lactam (4-membered cyclic amide) rings is 1. The van der Waals surface area contributed by atoms with Gasteiger partial charge in [0.25, 0.3) is 0 Å². The summed E-state index contributed by atoms with van der Waals surface area (Å²) in [6.07, 6.45) is -0.761. The topological polar surface area (TPSA) is 93.4 Å². The smallest absolute Gasteiger partial charge is 0.353 e. The molecule has 0 spiro atoms. The van der Waals surface area contributed by atoms with Crippen molar-refractivity contribution >= 4 is 29.5 Å². The van der Waals surface area contributed by atoms with Gasteiger partial charge in [-0.15, -0.1) is 11.8 Å². The average Bonchev–Trinajstić information content (AvgIpc) is 2.70. The number of nitrogens with zero attached hydrogens (tertiary/aromatic N) is 3. The van der Waals surface area contributed by atoms with E-state index in [1.54, 1.807) is 25.7 Å². The summed E-state index contributed by atoms with van der Waals surface area (Å²) in [5.74, 6) is -0.925. The molecule has 3 rings (SSSR count). The number of carboxylic acid groups (broad SMARTS) is 1. The number of aliphatic hydroxyl groups is 1. The summed E-state index contributed by atoms with van der Waals surface area (Å²) in [4.78, 5) is 32.4. The van der Waals surface area contributed by atoms with Crippen LogP contribution in [0, 0.1) is 11.8 Å². The van der Waals surface area contributed by atoms with Crippen molar-refractivity contribution in [3.8, 4) is 0 Å². The Kier molecular flexibility index (Phi) is 4.37. The monoisotopic (exact) mass is 353 g/mol. The van der Waals surface area contributed by atoms with E-state index >= 15 is 0 Å². The molecular weight excluding hydrogens is 330 g/mol. The van der Waals surface area contributed by atoms with E-state index in [0.29, 0.717) is 5.25 Å². The van der Waals surface area contributed by atoms with Crippen LogP contribution in [0.3, 0.4) is 0 Å². The molecule has 0 saturated carbocycles. The highest BCUT2D eigenvalue weighted by Gasteiger charge is 2.60. The van der Waals surface area contributed by atoms with Gasteiger partial charge < -0.3 is 20.0 Å². The summed E-state index contributed by atoms with van der Waals surface area (Å²) < 4.78 is 0. The lowest BCUT2D eigenvalue weighted by Gasteiger charge is -2.46. The lowest BCUT2D eigenvalue weighted by molar-refractivity contribution is -0.163. The molecule has 24 heavy (non-hydrogen) atoms. The molecule has 2 N–H and O–H groups in total. The van der Waals surface area contributed by atoms with Crippen LogP contribution in [-0.2, 0) is 9.59 Å². The van der Waals surface area contributed by atoms with Crippen LogP contribution >= 0.6 is 11.8 Å². The number of fused-ring (bicyclic) bond motifs is 1. The van der Waals surface area contributed by atoms with Crippen molar-refractivity contribution in [3.63, 3.8) is 0 Å². The van der Waals surface area contributed by atoms with Gasteiger partial charge in [0, 0.05) is 36.2 Å². The Labute approximate surface area is 145 Å². The third-order valence-corrected chi connectivity index (χ3v) is 6.68. The first-order valence-corrected chi connectivity index (χ1v) is 8.99. The molecule has 2 saturated heterocycles. The summed E-state index contributed by atoms with van der Waals surface area (Å²) >= 11 is 1.56. The molecule has 3 heterocycles. The minimum absolute atomic E-state index is 0.0617. The van der Waals surface area contributed by atoms with E-state index < -0.39 is 18.0 Å². The number of likely N-dealkylation sites (tertiary alicyclic amines) is 1. The van der Waals surface area contributed by atoms with Crippen molar-refractivity contribution in [1.29, 1.82) is 0 Å². The van der Waals surface area contributed by atoms with Crippen LogP contribution in [0.2, 0.25) is 0 Å². The molecule has 3 aliphatic rings. The number of amidine groups is 1. The van der Waals surface area contributed by atoms with Gasteiger partial charge in [0.1, 0.15) is 5.70 Å². The van der Waals surface area contributed by atoms with E-state index in [0.717, 1.165) is 23.8 Å². The van der Waals surface area contributed by atoms with Crippen molar-refractivity contribution in [2.75, 3.05) is 20.1 Å². The lowest BCUT2D eigenvalue weighted by Crippen LogP contribution is -2.63. The van der Waals surface area contributed by atoms with E-state index in [-0.39, 0.29) is 23.6 Å². The maximum Gasteiger partial charge on any atom is 0.353 e. The van der Waals surface area contributed by atoms with E-state index in [4.69, 9.17) is 0 Å². The third kappa shape index (κ3) is 2.43. The number of thioether (sulfide) groups is 1. The number of aliphatic imine (C=N–C) groups is 1. The van der Waals surface area contributed by atoms with Gasteiger partial charge in [-0.2, -0.15) is 0 Å². The van der Waals surface area contributed by atoms with Crippen LogP contribution in [0.25, 0.3) is 0 Å². The van der Waals surface area contributed by atoms with E-state index in [2.05, 4.69) is 9.89 Å². The maximum atomic E-state index is 12.3. The molecule has 0 aromatic carbocycles. The molecule has 0 radical (unpaired) electrons. The highest BCUT2D eigenvalue weighted by atomic mass is 32.2. The average molecular weight is 353 g/mol. The van der Waals surface area contributed by atoms with Gasteiger partial charge in [-0.1, -0.05) is 6.92 Å². The highest BCUT2D eigenvalue weighted by Crippen LogP contribution is 2.51. The van der Waals surface area contributed by atoms with Crippen LogP contribution in [0.5, 0.6) is 0 Å². The van der Waals surface area contributed by atoms with Gasteiger partial charge in [0.2, 0.25) is 5.91 Å². The first-order valence-electron chi connectivity index (χ1n) is 8.11. The quantitative estimate of drug-likeness (QED) is 0.437. The Bertz CT molecular complexity index is 639. The standard InChI is InChI=1S/C16H23N3O4S/c1-7-12-11(8(2)20)15(21)19(12)13(16(22)23)14(7)24-10-5-18(6-10)9(3)17-4/h7-8,10-12,20H,5-6H2,1-4H3,(H,22,23)/t7?,8?,11?,12-/m1/s1. The molecule has 8 heteroatoms. The SMILES string of the molecule is CN=C(C)N1CC(SC2=C(C(=O)O)N3C(=O)C(C(C)O)[C@H]3C2C)C1. The summed E-state index contributed by atoms with van der Waals surface area (Å²) in [5, 5.41) is 19.7. The van der Waals surface area contributed by atoms with E-state index in [9.17, 15) is 19.8 Å². The molecule has 0 aromatic heterocycles. The van der Waals surface area contributed by atoms with Crippen molar-refractivity contribution in [1.82, 2.24) is 9.80 Å². The van der Waals surface area contributed by atoms with E-state index in [1.165, 1.54) is 4.90 Å². The Morgan fingerprint density at radius 2 is 2.04 bits per heavy atom. The second-order valence-electron chi connectivity index (χ2n) is 6.69. The fourth-order valence-electron chi connectivity index (χ4n) is 3.78. The third-order valence-electron chi connectivity index (χ3n) is 5.23. The zero-order chi connectivity index (χ0) is 17.8. The van der Waals surface area contributed by atoms with Gasteiger partial charge in [-0.05, 0) is 13.8 Å². The number of hydrogen-bond donors (Lipinski definition) is 2. The molecule has 3 aliphatic heterocycles. The fourth-order valence-corrected chi connectivity index (χ4v) is 5.30. The van der Waals surface area contributed by atoms with Gasteiger partial charge in [-0.25, -0.2) is 4.79 Å². The predicted molar refractivity (Wildman–Crippen MR) is 91.6 cm³/mol. The van der Waals surface area contributed by atoms with Gasteiger partial charge >= 0.3 is 5.97 Å². The van der Waals surface area contributed by atoms with Crippen molar-refractivity contribution < 1.29 is 19.8 Å². The van der Waals surface area contributed by atoms with Gasteiger partial charge in [-0.3, -0.25) is 9.79 Å². The number of carbonyl (C=O) groups is 2. The normalized spacial score (nSPS) is 31.8. The fraction of sp³-hybridized carbons (Fsp3) is 0.688. The second-order valence-corrected chi connectivity index (χ2v) is 8.03. The molecule has 1 amide bonds. The maximum absolute atomic E-state index is 12.3. The summed E-state index contributed by atoms with van der Waals surface area (Å²) in [7, 11) is 1.76. The predicted octanol–water partition coefficient (Wildman–Crippen LogP) is 0.606. The first kappa shape index (κ1) is 17.3. The molecule has 3 unspecified atom stereocenters. The van der Waals surface area contributed by atoms with Crippen molar-refractivity contribution in [3.05, 3.63) is 10.6 Å². The summed E-state index contributed by atoms with van der Waals surface area (Å²) in [6.45, 7) is 7.16. The Hall–Kier alpha value is -1.54. The Morgan fingerprint density at radius 3 is 2.54 bits per heavy atom. The lowest BCUT2D eigenvalue weighted by atomic mass is 9.79. The van der Waals surface area contributed by atoms with Gasteiger partial charge in [0.15, 0.2) is 0 Å². The zero-order valence-corrected chi connectivity index (χ0v) is 15.1. The number of carbonyl (C=O) groups excluding carboxylic acids is 1. The summed E-state index contributed by atoms with van der Waals surface area (Å²) in [5.41, 5.74) is 0.110. The number of aliphatic hydroxyl groups excluding tert-OH is 1. The number of aliphatic carboxylic acids is 1. The first-order chi connectivity index (χ1) is 11.3. The van der Waals surface area contributed by atoms with Crippen molar-refractivity contribution in [2.45, 2.75) is 38.2 Å². The Balaban J connectivity index is 1.77. The number of carboxylic acids is 1. The van der Waals surface area contributed by atoms with Crippen LogP contribution in [0.4, 0.5) is 0 Å². The minimum Gasteiger partial charge on any atom is -0.477 e. The second kappa shape index (κ2) is 6.07. The molecule has 7 nitrogen and oxygen atoms in total. The molecule has 4 atom stereocenters. The molecule has 0 bridgehead atoms. The van der Waals surface area contributed by atoms with Crippen LogP contribution in [0.15, 0.2) is 15.6 Å². The molecule has 0 aliphatic carbocycles. The molecular formula is C16H23N3O4S. The molecule has 132 valence electrons. The van der Waals surface area contributed by atoms with Crippen LogP contribution in [0.1, 0.15) is 20.8 Å². The van der Waals surface area contributed by atoms with Crippen molar-refractivity contribution in [2.24, 2.45) is 16.8 Å². The number of rotatable bonds is 4. The zero-order valence-electron chi connectivity index (χ0n) is 14.3. The summed E-state index contributed by atoms with van der Waals surface area (Å²) in [6, 6.07) is -0.235. The highest BCUT2D eigenvalue weighted by molar-refractivity contribution is 8.03. The Morgan fingerprint density at radius 1 is 1.42 bits per heavy atom. The molecule has 0 aromatic rings. The molecule has 2 fully saturated rings.